The van der Waals surface area contributed by atoms with E-state index in [-0.39, 0.29) is 11.5 Å². The second kappa shape index (κ2) is 9.08. The number of aliphatic carboxylic acids is 1. The Balaban J connectivity index is 1.76. The Kier molecular flexibility index (Phi) is 6.73. The largest absolute Gasteiger partial charge is 0.478 e. The molecule has 150 valence electrons. The fraction of sp³-hybridized carbons (Fsp3) is 0.182. The van der Waals surface area contributed by atoms with Crippen molar-refractivity contribution in [3.8, 4) is 0 Å². The average Bonchev–Trinajstić information content (AvgIpc) is 3.50. The molecule has 29 heavy (non-hydrogen) atoms. The molecule has 0 saturated heterocycles. The minimum absolute atomic E-state index is 0.0796. The molecule has 2 N–H and O–H groups in total. The summed E-state index contributed by atoms with van der Waals surface area (Å²) in [4.78, 5) is 24.5. The van der Waals surface area contributed by atoms with Crippen LogP contribution in [0.1, 0.15) is 30.9 Å². The predicted molar refractivity (Wildman–Crippen MR) is 119 cm³/mol. The van der Waals surface area contributed by atoms with E-state index in [4.69, 9.17) is 23.2 Å². The van der Waals surface area contributed by atoms with E-state index in [1.165, 1.54) is 6.92 Å². The Hall–Kier alpha value is -2.21. The average molecular weight is 448 g/mol. The van der Waals surface area contributed by atoms with Crippen LogP contribution in [-0.2, 0) is 15.0 Å². The zero-order valence-electron chi connectivity index (χ0n) is 15.6. The number of halogens is 2. The quantitative estimate of drug-likeness (QED) is 0.521. The number of carbonyl (C=O) groups excluding carboxylic acids is 1. The molecule has 0 bridgehead atoms. The van der Waals surface area contributed by atoms with Crippen molar-refractivity contribution < 1.29 is 14.7 Å². The second-order valence-corrected chi connectivity index (χ2v) is 8.56. The van der Waals surface area contributed by atoms with E-state index >= 15 is 0 Å². The van der Waals surface area contributed by atoms with Crippen LogP contribution in [0, 0.1) is 0 Å². The molecule has 1 aliphatic carbocycles. The van der Waals surface area contributed by atoms with Gasteiger partial charge in [0.1, 0.15) is 0 Å². The van der Waals surface area contributed by atoms with Crippen LogP contribution < -0.4 is 5.32 Å². The molecule has 0 spiro atoms. The van der Waals surface area contributed by atoms with Gasteiger partial charge >= 0.3 is 5.97 Å². The van der Waals surface area contributed by atoms with Gasteiger partial charge in [-0.15, -0.1) is 0 Å². The Morgan fingerprint density at radius 2 is 1.59 bits per heavy atom. The van der Waals surface area contributed by atoms with Gasteiger partial charge in [0.25, 0.3) is 0 Å². The van der Waals surface area contributed by atoms with Crippen LogP contribution in [0.3, 0.4) is 0 Å². The molecule has 1 saturated carbocycles. The van der Waals surface area contributed by atoms with Crippen LogP contribution in [0.15, 0.2) is 64.5 Å². The maximum atomic E-state index is 13.0. The number of hydrogen-bond acceptors (Lipinski definition) is 3. The third-order valence-corrected chi connectivity index (χ3v) is 6.21. The number of carboxylic acids is 1. The van der Waals surface area contributed by atoms with Crippen molar-refractivity contribution in [2.24, 2.45) is 0 Å². The van der Waals surface area contributed by atoms with Gasteiger partial charge in [-0.05, 0) is 66.6 Å². The SMILES string of the molecule is C/C(C(=O)O)=C(/NC(=O)C1(c2ccc(Cl)cc2)CC1)S/C=C/c1ccc(Cl)cc1. The van der Waals surface area contributed by atoms with Gasteiger partial charge in [-0.1, -0.05) is 59.2 Å². The van der Waals surface area contributed by atoms with Gasteiger partial charge in [0, 0.05) is 10.0 Å². The smallest absolute Gasteiger partial charge is 0.333 e. The molecule has 4 nitrogen and oxygen atoms in total. The van der Waals surface area contributed by atoms with Gasteiger partial charge in [-0.2, -0.15) is 0 Å². The van der Waals surface area contributed by atoms with Crippen LogP contribution in [0.25, 0.3) is 6.08 Å². The number of nitrogens with one attached hydrogen (secondary N) is 1. The van der Waals surface area contributed by atoms with Gasteiger partial charge in [0.05, 0.1) is 16.0 Å². The molecule has 0 aromatic heterocycles. The van der Waals surface area contributed by atoms with Crippen LogP contribution in [0.4, 0.5) is 0 Å². The number of benzene rings is 2. The van der Waals surface area contributed by atoms with Crippen LogP contribution >= 0.6 is 35.0 Å². The Morgan fingerprint density at radius 1 is 1.03 bits per heavy atom. The van der Waals surface area contributed by atoms with Crippen molar-refractivity contribution in [1.82, 2.24) is 5.32 Å². The summed E-state index contributed by atoms with van der Waals surface area (Å²) in [6, 6.07) is 14.5. The van der Waals surface area contributed by atoms with Crippen molar-refractivity contribution >= 4 is 52.9 Å². The lowest BCUT2D eigenvalue weighted by molar-refractivity contribution is -0.132. The van der Waals surface area contributed by atoms with Gasteiger partial charge in [0.2, 0.25) is 5.91 Å². The molecule has 0 atom stereocenters. The van der Waals surface area contributed by atoms with Crippen molar-refractivity contribution in [2.45, 2.75) is 25.2 Å². The Bertz CT molecular complexity index is 978. The fourth-order valence-electron chi connectivity index (χ4n) is 2.83. The number of hydrogen-bond donors (Lipinski definition) is 2. The standard InChI is InChI=1S/C22H19Cl2NO3S/c1-14(20(26)27)19(29-13-10-15-2-6-17(23)7-3-15)25-21(28)22(11-12-22)16-4-8-18(24)9-5-16/h2-10,13H,11-12H2,1H3,(H,25,28)(H,26,27)/b13-10+,19-14+. The summed E-state index contributed by atoms with van der Waals surface area (Å²) in [6.45, 7) is 1.48. The van der Waals surface area contributed by atoms with E-state index in [0.717, 1.165) is 22.9 Å². The third-order valence-electron chi connectivity index (χ3n) is 4.79. The van der Waals surface area contributed by atoms with E-state index in [1.54, 1.807) is 29.7 Å². The summed E-state index contributed by atoms with van der Waals surface area (Å²) in [5.74, 6) is -1.29. The molecule has 0 heterocycles. The number of carboxylic acid groups (broad SMARTS) is 1. The number of rotatable bonds is 7. The maximum Gasteiger partial charge on any atom is 0.333 e. The lowest BCUT2D eigenvalue weighted by Gasteiger charge is -2.17. The normalized spacial score (nSPS) is 15.7. The van der Waals surface area contributed by atoms with Crippen LogP contribution in [0.5, 0.6) is 0 Å². The summed E-state index contributed by atoms with van der Waals surface area (Å²) < 4.78 is 0. The van der Waals surface area contributed by atoms with Crippen molar-refractivity contribution in [3.05, 3.63) is 85.7 Å². The zero-order chi connectivity index (χ0) is 21.0. The summed E-state index contributed by atoms with van der Waals surface area (Å²) in [7, 11) is 0. The van der Waals surface area contributed by atoms with Crippen LogP contribution in [-0.4, -0.2) is 17.0 Å². The lowest BCUT2D eigenvalue weighted by atomic mass is 9.95. The highest BCUT2D eigenvalue weighted by Gasteiger charge is 2.51. The molecule has 0 aliphatic heterocycles. The first-order chi connectivity index (χ1) is 13.8. The van der Waals surface area contributed by atoms with Crippen molar-refractivity contribution in [1.29, 1.82) is 0 Å². The molecule has 1 amide bonds. The first kappa shape index (κ1) is 21.5. The van der Waals surface area contributed by atoms with E-state index in [9.17, 15) is 14.7 Å². The zero-order valence-corrected chi connectivity index (χ0v) is 17.9. The second-order valence-electron chi connectivity index (χ2n) is 6.77. The Morgan fingerprint density at radius 3 is 2.10 bits per heavy atom. The lowest BCUT2D eigenvalue weighted by Crippen LogP contribution is -2.34. The molecule has 0 radical (unpaired) electrons. The minimum Gasteiger partial charge on any atom is -0.478 e. The van der Waals surface area contributed by atoms with E-state index in [2.05, 4.69) is 5.32 Å². The summed E-state index contributed by atoms with van der Waals surface area (Å²) in [5, 5.41) is 15.5. The fourth-order valence-corrected chi connectivity index (χ4v) is 3.86. The predicted octanol–water partition coefficient (Wildman–Crippen LogP) is 5.86. The highest BCUT2D eigenvalue weighted by molar-refractivity contribution is 8.06. The molecular weight excluding hydrogens is 429 g/mol. The molecular formula is C22H19Cl2NO3S. The van der Waals surface area contributed by atoms with E-state index in [1.807, 2.05) is 30.3 Å². The van der Waals surface area contributed by atoms with Crippen LogP contribution in [0.2, 0.25) is 10.0 Å². The highest BCUT2D eigenvalue weighted by atomic mass is 35.5. The highest BCUT2D eigenvalue weighted by Crippen LogP contribution is 2.49. The van der Waals surface area contributed by atoms with Gasteiger partial charge in [-0.3, -0.25) is 4.79 Å². The number of carbonyl (C=O) groups is 2. The molecule has 1 aliphatic rings. The molecule has 7 heteroatoms. The molecule has 0 unspecified atom stereocenters. The third kappa shape index (κ3) is 5.24. The molecule has 3 rings (SSSR count). The minimum atomic E-state index is -1.08. The van der Waals surface area contributed by atoms with Crippen molar-refractivity contribution in [3.63, 3.8) is 0 Å². The summed E-state index contributed by atoms with van der Waals surface area (Å²) >= 11 is 13.0. The first-order valence-electron chi connectivity index (χ1n) is 8.92. The number of thioether (sulfide) groups is 1. The molecule has 2 aromatic carbocycles. The van der Waals surface area contributed by atoms with E-state index < -0.39 is 11.4 Å². The first-order valence-corrected chi connectivity index (χ1v) is 10.6. The Labute approximate surface area is 183 Å². The summed E-state index contributed by atoms with van der Waals surface area (Å²) in [5.41, 5.74) is 1.25. The topological polar surface area (TPSA) is 66.4 Å². The van der Waals surface area contributed by atoms with Gasteiger partial charge < -0.3 is 10.4 Å². The van der Waals surface area contributed by atoms with Gasteiger partial charge in [0.15, 0.2) is 0 Å². The van der Waals surface area contributed by atoms with Gasteiger partial charge in [-0.25, -0.2) is 4.79 Å². The van der Waals surface area contributed by atoms with Crippen molar-refractivity contribution in [2.75, 3.05) is 0 Å². The molecule has 1 fully saturated rings. The van der Waals surface area contributed by atoms with E-state index in [0.29, 0.717) is 27.9 Å². The monoisotopic (exact) mass is 447 g/mol. The summed E-state index contributed by atoms with van der Waals surface area (Å²) in [6.07, 6.45) is 3.25. The number of amides is 1. The maximum absolute atomic E-state index is 13.0. The molecule has 2 aromatic rings.